The molecule has 0 aliphatic carbocycles. The third kappa shape index (κ3) is 3.61. The Morgan fingerprint density at radius 1 is 1.16 bits per heavy atom. The predicted octanol–water partition coefficient (Wildman–Crippen LogP) is 4.80. The molecule has 0 bridgehead atoms. The first kappa shape index (κ1) is 17.7. The van der Waals surface area contributed by atoms with Crippen LogP contribution in [0.15, 0.2) is 46.9 Å². The van der Waals surface area contributed by atoms with E-state index in [4.69, 9.17) is 4.74 Å². The molecule has 1 heterocycles. The number of amides is 1. The molecule has 0 N–H and O–H groups in total. The van der Waals surface area contributed by atoms with Crippen molar-refractivity contribution < 1.29 is 14.3 Å². The van der Waals surface area contributed by atoms with Gasteiger partial charge in [-0.15, -0.1) is 0 Å². The van der Waals surface area contributed by atoms with Crippen LogP contribution in [0.3, 0.4) is 0 Å². The maximum atomic E-state index is 13.1. The standard InChI is InChI=1S/C20H20BrNO3/c1-12-4-9-18-17(10-12)19(25-14(3)23)11-13(2)22(18)20(24)15-5-7-16(21)8-6-15/h4-10,13,19H,11H2,1-3H3/t13-,19+/m0/s1. The maximum absolute atomic E-state index is 13.1. The van der Waals surface area contributed by atoms with Crippen molar-refractivity contribution in [3.05, 3.63) is 63.6 Å². The minimum absolute atomic E-state index is 0.0496. The van der Waals surface area contributed by atoms with Gasteiger partial charge in [0, 0.05) is 35.0 Å². The van der Waals surface area contributed by atoms with E-state index in [2.05, 4.69) is 15.9 Å². The van der Waals surface area contributed by atoms with Crippen molar-refractivity contribution in [2.24, 2.45) is 0 Å². The molecule has 25 heavy (non-hydrogen) atoms. The fraction of sp³-hybridized carbons (Fsp3) is 0.300. The third-order valence-corrected chi connectivity index (χ3v) is 4.93. The SMILES string of the molecule is CC(=O)O[C@@H]1C[C@H](C)N(C(=O)c2ccc(Br)cc2)c2ccc(C)cc21. The number of halogens is 1. The molecule has 2 aromatic carbocycles. The smallest absolute Gasteiger partial charge is 0.303 e. The predicted molar refractivity (Wildman–Crippen MR) is 101 cm³/mol. The number of nitrogens with zero attached hydrogens (tertiary/aromatic N) is 1. The molecule has 0 saturated carbocycles. The van der Waals surface area contributed by atoms with Crippen molar-refractivity contribution in [3.8, 4) is 0 Å². The van der Waals surface area contributed by atoms with Gasteiger partial charge in [0.05, 0.1) is 5.69 Å². The molecule has 1 aliphatic heterocycles. The van der Waals surface area contributed by atoms with E-state index in [1.165, 1.54) is 6.92 Å². The number of carbonyl (C=O) groups excluding carboxylic acids is 2. The Labute approximate surface area is 155 Å². The number of ether oxygens (including phenoxy) is 1. The van der Waals surface area contributed by atoms with Crippen LogP contribution in [0, 0.1) is 6.92 Å². The average molecular weight is 402 g/mol. The number of aryl methyl sites for hydroxylation is 1. The Morgan fingerprint density at radius 3 is 2.48 bits per heavy atom. The largest absolute Gasteiger partial charge is 0.458 e. The molecule has 4 nitrogen and oxygen atoms in total. The topological polar surface area (TPSA) is 46.6 Å². The number of anilines is 1. The quantitative estimate of drug-likeness (QED) is 0.678. The van der Waals surface area contributed by atoms with Crippen molar-refractivity contribution >= 4 is 33.5 Å². The van der Waals surface area contributed by atoms with Gasteiger partial charge < -0.3 is 9.64 Å². The average Bonchev–Trinajstić information content (AvgIpc) is 2.55. The van der Waals surface area contributed by atoms with Gasteiger partial charge in [0.15, 0.2) is 0 Å². The van der Waals surface area contributed by atoms with Gasteiger partial charge in [-0.3, -0.25) is 9.59 Å². The lowest BCUT2D eigenvalue weighted by atomic mass is 9.91. The highest BCUT2D eigenvalue weighted by molar-refractivity contribution is 9.10. The zero-order chi connectivity index (χ0) is 18.1. The van der Waals surface area contributed by atoms with Crippen LogP contribution in [0.4, 0.5) is 5.69 Å². The lowest BCUT2D eigenvalue weighted by molar-refractivity contribution is -0.147. The molecule has 0 spiro atoms. The van der Waals surface area contributed by atoms with E-state index in [1.54, 1.807) is 4.90 Å². The van der Waals surface area contributed by atoms with Crippen LogP contribution in [0.2, 0.25) is 0 Å². The van der Waals surface area contributed by atoms with Crippen molar-refractivity contribution in [3.63, 3.8) is 0 Å². The second kappa shape index (κ2) is 7.00. The summed E-state index contributed by atoms with van der Waals surface area (Å²) in [6, 6.07) is 13.2. The first-order chi connectivity index (χ1) is 11.9. The van der Waals surface area contributed by atoms with Gasteiger partial charge >= 0.3 is 5.97 Å². The lowest BCUT2D eigenvalue weighted by Gasteiger charge is -2.39. The van der Waals surface area contributed by atoms with E-state index in [1.807, 2.05) is 56.3 Å². The van der Waals surface area contributed by atoms with Gasteiger partial charge in [-0.25, -0.2) is 0 Å². The summed E-state index contributed by atoms with van der Waals surface area (Å²) >= 11 is 3.39. The molecule has 0 fully saturated rings. The number of rotatable bonds is 2. The van der Waals surface area contributed by atoms with E-state index >= 15 is 0 Å². The van der Waals surface area contributed by atoms with Crippen molar-refractivity contribution in [2.75, 3.05) is 4.90 Å². The molecule has 5 heteroatoms. The first-order valence-corrected chi connectivity index (χ1v) is 9.03. The molecule has 2 aromatic rings. The van der Waals surface area contributed by atoms with Crippen molar-refractivity contribution in [2.45, 2.75) is 39.3 Å². The number of esters is 1. The Bertz CT molecular complexity index is 816. The number of hydrogen-bond donors (Lipinski definition) is 0. The molecule has 3 rings (SSSR count). The van der Waals surface area contributed by atoms with Crippen molar-refractivity contribution in [1.29, 1.82) is 0 Å². The van der Waals surface area contributed by atoms with Gasteiger partial charge in [-0.1, -0.05) is 33.6 Å². The zero-order valence-corrected chi connectivity index (χ0v) is 16.0. The van der Waals surface area contributed by atoms with Crippen LogP contribution in [0.5, 0.6) is 0 Å². The Morgan fingerprint density at radius 2 is 1.84 bits per heavy atom. The summed E-state index contributed by atoms with van der Waals surface area (Å²) in [5.41, 5.74) is 3.40. The molecule has 130 valence electrons. The van der Waals surface area contributed by atoms with Crippen LogP contribution in [0.25, 0.3) is 0 Å². The van der Waals surface area contributed by atoms with Crippen LogP contribution >= 0.6 is 15.9 Å². The Kier molecular flexibility index (Phi) is 4.95. The molecule has 2 atom stereocenters. The van der Waals surface area contributed by atoms with Gasteiger partial charge in [-0.2, -0.15) is 0 Å². The molecule has 0 unspecified atom stereocenters. The van der Waals surface area contributed by atoms with Crippen LogP contribution in [0.1, 0.15) is 47.9 Å². The number of fused-ring (bicyclic) bond motifs is 1. The van der Waals surface area contributed by atoms with Crippen LogP contribution < -0.4 is 4.90 Å². The summed E-state index contributed by atoms with van der Waals surface area (Å²) in [5, 5.41) is 0. The van der Waals surface area contributed by atoms with Gasteiger partial charge in [-0.05, 0) is 44.2 Å². The number of carbonyl (C=O) groups is 2. The van der Waals surface area contributed by atoms with E-state index < -0.39 is 0 Å². The highest BCUT2D eigenvalue weighted by atomic mass is 79.9. The van der Waals surface area contributed by atoms with Gasteiger partial charge in [0.1, 0.15) is 6.10 Å². The Hall–Kier alpha value is -2.14. The summed E-state index contributed by atoms with van der Waals surface area (Å²) < 4.78 is 6.44. The molecule has 0 saturated heterocycles. The minimum atomic E-state index is -0.323. The van der Waals surface area contributed by atoms with E-state index in [-0.39, 0.29) is 24.0 Å². The Balaban J connectivity index is 2.03. The monoisotopic (exact) mass is 401 g/mol. The van der Waals surface area contributed by atoms with E-state index in [9.17, 15) is 9.59 Å². The van der Waals surface area contributed by atoms with E-state index in [0.717, 1.165) is 21.3 Å². The van der Waals surface area contributed by atoms with Crippen molar-refractivity contribution in [1.82, 2.24) is 0 Å². The minimum Gasteiger partial charge on any atom is -0.458 e. The van der Waals surface area contributed by atoms with E-state index in [0.29, 0.717) is 12.0 Å². The number of benzene rings is 2. The molecule has 0 aromatic heterocycles. The summed E-state index contributed by atoms with van der Waals surface area (Å²) in [6.45, 7) is 5.39. The zero-order valence-electron chi connectivity index (χ0n) is 14.5. The number of hydrogen-bond acceptors (Lipinski definition) is 3. The highest BCUT2D eigenvalue weighted by Crippen LogP contribution is 2.40. The second-order valence-electron chi connectivity index (χ2n) is 6.43. The van der Waals surface area contributed by atoms with Gasteiger partial charge in [0.2, 0.25) is 0 Å². The fourth-order valence-corrected chi connectivity index (χ4v) is 3.55. The summed E-state index contributed by atoms with van der Waals surface area (Å²) in [4.78, 5) is 26.4. The van der Waals surface area contributed by atoms with Crippen LogP contribution in [-0.2, 0) is 9.53 Å². The maximum Gasteiger partial charge on any atom is 0.303 e. The first-order valence-electron chi connectivity index (χ1n) is 8.23. The molecule has 1 amide bonds. The summed E-state index contributed by atoms with van der Waals surface area (Å²) in [5.74, 6) is -0.358. The van der Waals surface area contributed by atoms with Gasteiger partial charge in [0.25, 0.3) is 5.91 Å². The normalized spacial score (nSPS) is 19.3. The molecule has 1 aliphatic rings. The second-order valence-corrected chi connectivity index (χ2v) is 7.34. The molecular formula is C20H20BrNO3. The lowest BCUT2D eigenvalue weighted by Crippen LogP contribution is -2.43. The molecular weight excluding hydrogens is 382 g/mol. The highest BCUT2D eigenvalue weighted by Gasteiger charge is 2.35. The summed E-state index contributed by atoms with van der Waals surface area (Å²) in [7, 11) is 0. The summed E-state index contributed by atoms with van der Waals surface area (Å²) in [6.07, 6.45) is 0.259. The molecule has 0 radical (unpaired) electrons. The third-order valence-electron chi connectivity index (χ3n) is 4.40. The fourth-order valence-electron chi connectivity index (χ4n) is 3.28. The van der Waals surface area contributed by atoms with Crippen LogP contribution in [-0.4, -0.2) is 17.9 Å².